The average molecular weight is 403 g/mol. The predicted octanol–water partition coefficient (Wildman–Crippen LogP) is 3.82. The van der Waals surface area contributed by atoms with Crippen LogP contribution in [0.4, 0.5) is 11.8 Å². The molecule has 0 fully saturated rings. The highest BCUT2D eigenvalue weighted by Crippen LogP contribution is 2.21. The van der Waals surface area contributed by atoms with Crippen molar-refractivity contribution in [3.8, 4) is 5.75 Å². The van der Waals surface area contributed by atoms with E-state index in [1.165, 1.54) is 0 Å². The van der Waals surface area contributed by atoms with Gasteiger partial charge in [-0.05, 0) is 44.0 Å². The maximum Gasteiger partial charge on any atom is 0.222 e. The van der Waals surface area contributed by atoms with Crippen molar-refractivity contribution in [1.82, 2.24) is 19.5 Å². The summed E-state index contributed by atoms with van der Waals surface area (Å²) in [6, 6.07) is 18.2. The summed E-state index contributed by atoms with van der Waals surface area (Å²) >= 11 is 0. The first kappa shape index (κ1) is 19.7. The molecule has 0 saturated heterocycles. The lowest BCUT2D eigenvalue weighted by atomic mass is 10.1. The lowest BCUT2D eigenvalue weighted by molar-refractivity contribution is 0.409. The maximum atomic E-state index is 6.01. The van der Waals surface area contributed by atoms with Crippen molar-refractivity contribution >= 4 is 22.8 Å². The summed E-state index contributed by atoms with van der Waals surface area (Å²) < 4.78 is 7.60. The fourth-order valence-electron chi connectivity index (χ4n) is 3.74. The van der Waals surface area contributed by atoms with Gasteiger partial charge < -0.3 is 20.4 Å². The number of ether oxygens (including phenoxy) is 1. The van der Waals surface area contributed by atoms with Crippen molar-refractivity contribution < 1.29 is 4.74 Å². The molecule has 2 heterocycles. The molecule has 1 atom stereocenters. The zero-order valence-electron chi connectivity index (χ0n) is 17.5. The van der Waals surface area contributed by atoms with Crippen molar-refractivity contribution in [2.45, 2.75) is 32.9 Å². The standard InChI is InChI=1S/C23H26N6O/c1-15(12-17-8-4-7-11-21(17)30-3)25-22-13-18(27-23(24)28-22)14-29-16(2)26-19-9-5-6-10-20(19)29/h4-11,13,15H,12,14H2,1-3H3,(H3,24,25,27,28). The molecule has 4 aromatic rings. The molecular formula is C23H26N6O. The summed E-state index contributed by atoms with van der Waals surface area (Å²) in [5, 5.41) is 3.44. The fraction of sp³-hybridized carbons (Fsp3) is 0.261. The third kappa shape index (κ3) is 4.20. The minimum absolute atomic E-state index is 0.138. The fourth-order valence-corrected chi connectivity index (χ4v) is 3.74. The molecule has 3 N–H and O–H groups in total. The number of imidazole rings is 1. The third-order valence-electron chi connectivity index (χ3n) is 5.07. The summed E-state index contributed by atoms with van der Waals surface area (Å²) in [6.07, 6.45) is 0.800. The molecule has 7 heteroatoms. The summed E-state index contributed by atoms with van der Waals surface area (Å²) in [4.78, 5) is 13.4. The van der Waals surface area contributed by atoms with Crippen LogP contribution in [0.2, 0.25) is 0 Å². The number of hydrogen-bond acceptors (Lipinski definition) is 6. The molecule has 30 heavy (non-hydrogen) atoms. The van der Waals surface area contributed by atoms with E-state index in [4.69, 9.17) is 10.5 Å². The molecule has 0 aliphatic heterocycles. The van der Waals surface area contributed by atoms with Gasteiger partial charge in [0.2, 0.25) is 5.95 Å². The molecule has 0 amide bonds. The highest BCUT2D eigenvalue weighted by atomic mass is 16.5. The van der Waals surface area contributed by atoms with Crippen molar-refractivity contribution in [2.24, 2.45) is 0 Å². The minimum Gasteiger partial charge on any atom is -0.496 e. The van der Waals surface area contributed by atoms with Gasteiger partial charge in [-0.25, -0.2) is 9.97 Å². The van der Waals surface area contributed by atoms with Crippen LogP contribution in [0.3, 0.4) is 0 Å². The number of benzene rings is 2. The predicted molar refractivity (Wildman–Crippen MR) is 120 cm³/mol. The van der Waals surface area contributed by atoms with E-state index < -0.39 is 0 Å². The van der Waals surface area contributed by atoms with Gasteiger partial charge in [-0.3, -0.25) is 0 Å². The smallest absolute Gasteiger partial charge is 0.222 e. The Morgan fingerprint density at radius 3 is 2.67 bits per heavy atom. The van der Waals surface area contributed by atoms with Crippen LogP contribution in [0.1, 0.15) is 24.0 Å². The van der Waals surface area contributed by atoms with Crippen LogP contribution in [0, 0.1) is 6.92 Å². The van der Waals surface area contributed by atoms with E-state index >= 15 is 0 Å². The number of fused-ring (bicyclic) bond motifs is 1. The number of para-hydroxylation sites is 3. The van der Waals surface area contributed by atoms with E-state index in [2.05, 4.69) is 43.9 Å². The lowest BCUT2D eigenvalue weighted by Gasteiger charge is -2.17. The zero-order chi connectivity index (χ0) is 21.1. The second-order valence-corrected chi connectivity index (χ2v) is 7.40. The molecule has 1 unspecified atom stereocenters. The summed E-state index contributed by atoms with van der Waals surface area (Å²) in [5.41, 5.74) is 10.0. The number of aromatic nitrogens is 4. The second-order valence-electron chi connectivity index (χ2n) is 7.40. The molecule has 0 bridgehead atoms. The number of rotatable bonds is 7. The van der Waals surface area contributed by atoms with Crippen LogP contribution in [-0.2, 0) is 13.0 Å². The van der Waals surface area contributed by atoms with Gasteiger partial charge in [0.1, 0.15) is 17.4 Å². The number of methoxy groups -OCH3 is 1. The van der Waals surface area contributed by atoms with Crippen molar-refractivity contribution in [3.63, 3.8) is 0 Å². The molecule has 4 rings (SSSR count). The number of nitrogens with one attached hydrogen (secondary N) is 1. The van der Waals surface area contributed by atoms with Gasteiger partial charge in [0, 0.05) is 12.1 Å². The Bertz CT molecular complexity index is 1170. The molecule has 0 aliphatic rings. The first-order valence-electron chi connectivity index (χ1n) is 9.97. The third-order valence-corrected chi connectivity index (χ3v) is 5.07. The van der Waals surface area contributed by atoms with Gasteiger partial charge >= 0.3 is 0 Å². The van der Waals surface area contributed by atoms with E-state index in [1.807, 2.05) is 49.4 Å². The Morgan fingerprint density at radius 1 is 1.07 bits per heavy atom. The van der Waals surface area contributed by atoms with Gasteiger partial charge in [-0.15, -0.1) is 0 Å². The molecule has 154 valence electrons. The lowest BCUT2D eigenvalue weighted by Crippen LogP contribution is -2.20. The van der Waals surface area contributed by atoms with Crippen LogP contribution in [0.5, 0.6) is 5.75 Å². The van der Waals surface area contributed by atoms with Crippen molar-refractivity contribution in [2.75, 3.05) is 18.2 Å². The van der Waals surface area contributed by atoms with Crippen molar-refractivity contribution in [1.29, 1.82) is 0 Å². The highest BCUT2D eigenvalue weighted by molar-refractivity contribution is 5.76. The molecule has 7 nitrogen and oxygen atoms in total. The van der Waals surface area contributed by atoms with Gasteiger partial charge in [0.15, 0.2) is 0 Å². The maximum absolute atomic E-state index is 6.01. The molecule has 0 saturated carbocycles. The monoisotopic (exact) mass is 402 g/mol. The summed E-state index contributed by atoms with van der Waals surface area (Å²) in [7, 11) is 1.69. The Labute approximate surface area is 175 Å². The van der Waals surface area contributed by atoms with Gasteiger partial charge in [-0.2, -0.15) is 4.98 Å². The number of aryl methyl sites for hydroxylation is 1. The van der Waals surface area contributed by atoms with Gasteiger partial charge in [0.05, 0.1) is 30.4 Å². The second kappa shape index (κ2) is 8.41. The Kier molecular flexibility index (Phi) is 5.52. The van der Waals surface area contributed by atoms with Crippen LogP contribution in [-0.4, -0.2) is 32.7 Å². The zero-order valence-corrected chi connectivity index (χ0v) is 17.5. The minimum atomic E-state index is 0.138. The molecular weight excluding hydrogens is 376 g/mol. The van der Waals surface area contributed by atoms with Gasteiger partial charge in [0.25, 0.3) is 0 Å². The van der Waals surface area contributed by atoms with E-state index in [1.54, 1.807) is 7.11 Å². The number of nitrogens with zero attached hydrogens (tertiary/aromatic N) is 4. The summed E-state index contributed by atoms with van der Waals surface area (Å²) in [6.45, 7) is 4.69. The molecule has 0 aliphatic carbocycles. The van der Waals surface area contributed by atoms with Crippen LogP contribution in [0.15, 0.2) is 54.6 Å². The van der Waals surface area contributed by atoms with Crippen LogP contribution >= 0.6 is 0 Å². The molecule has 2 aromatic heterocycles. The Morgan fingerprint density at radius 2 is 1.83 bits per heavy atom. The van der Waals surface area contributed by atoms with Crippen molar-refractivity contribution in [3.05, 3.63) is 71.7 Å². The number of nitrogen functional groups attached to an aromatic ring is 1. The largest absolute Gasteiger partial charge is 0.496 e. The quantitative estimate of drug-likeness (QED) is 0.488. The molecule has 0 spiro atoms. The topological polar surface area (TPSA) is 90.9 Å². The van der Waals surface area contributed by atoms with E-state index in [0.717, 1.165) is 40.3 Å². The van der Waals surface area contributed by atoms with Crippen LogP contribution < -0.4 is 15.8 Å². The first-order valence-corrected chi connectivity index (χ1v) is 9.97. The molecule has 0 radical (unpaired) electrons. The normalized spacial score (nSPS) is 12.1. The Balaban J connectivity index is 1.54. The SMILES string of the molecule is COc1ccccc1CC(C)Nc1cc(Cn2c(C)nc3ccccc32)nc(N)n1. The van der Waals surface area contributed by atoms with E-state index in [-0.39, 0.29) is 12.0 Å². The first-order chi connectivity index (χ1) is 14.5. The number of hydrogen-bond donors (Lipinski definition) is 2. The highest BCUT2D eigenvalue weighted by Gasteiger charge is 2.12. The summed E-state index contributed by atoms with van der Waals surface area (Å²) in [5.74, 6) is 2.78. The van der Waals surface area contributed by atoms with Gasteiger partial charge in [-0.1, -0.05) is 30.3 Å². The van der Waals surface area contributed by atoms with Crippen LogP contribution in [0.25, 0.3) is 11.0 Å². The van der Waals surface area contributed by atoms with E-state index in [9.17, 15) is 0 Å². The number of anilines is 2. The van der Waals surface area contributed by atoms with E-state index in [0.29, 0.717) is 12.4 Å². The molecule has 2 aromatic carbocycles. The average Bonchev–Trinajstić information content (AvgIpc) is 3.03. The number of nitrogens with two attached hydrogens (primary N) is 1. The Hall–Kier alpha value is -3.61.